The molecule has 0 atom stereocenters. The van der Waals surface area contributed by atoms with Crippen LogP contribution in [0.4, 0.5) is 0 Å². The monoisotopic (exact) mass is 215 g/mol. The fraction of sp³-hybridized carbons (Fsp3) is 1.00. The Labute approximate surface area is 95.4 Å². The fourth-order valence-electron chi connectivity index (χ4n) is 1.26. The van der Waals surface area contributed by atoms with Crippen LogP contribution in [0.15, 0.2) is 0 Å². The second-order valence-corrected chi connectivity index (χ2v) is 4.95. The summed E-state index contributed by atoms with van der Waals surface area (Å²) >= 11 is 0. The Kier molecular flexibility index (Phi) is 10.3. The predicted molar refractivity (Wildman–Crippen MR) is 68.3 cm³/mol. The maximum atomic E-state index is 3.41. The lowest BCUT2D eigenvalue weighted by atomic mass is 10.2. The molecule has 0 aliphatic carbocycles. The Morgan fingerprint density at radius 2 is 0.933 bits per heavy atom. The van der Waals surface area contributed by atoms with E-state index in [4.69, 9.17) is 0 Å². The summed E-state index contributed by atoms with van der Waals surface area (Å²) in [5, 5.41) is 10.2. The molecule has 0 saturated carbocycles. The molecule has 0 aliphatic heterocycles. The summed E-state index contributed by atoms with van der Waals surface area (Å²) in [6.07, 6.45) is 0. The van der Waals surface area contributed by atoms with Crippen LogP contribution >= 0.6 is 0 Å². The van der Waals surface area contributed by atoms with Crippen molar-refractivity contribution >= 4 is 0 Å². The molecule has 0 aromatic heterocycles. The molecule has 0 amide bonds. The van der Waals surface area contributed by atoms with Crippen LogP contribution in [0.1, 0.15) is 27.7 Å². The molecule has 92 valence electrons. The van der Waals surface area contributed by atoms with Gasteiger partial charge in [0.2, 0.25) is 0 Å². The molecular weight excluding hydrogens is 186 g/mol. The highest BCUT2D eigenvalue weighted by Crippen LogP contribution is 1.86. The summed E-state index contributed by atoms with van der Waals surface area (Å²) in [6, 6.07) is 0. The second-order valence-electron chi connectivity index (χ2n) is 4.95. The van der Waals surface area contributed by atoms with E-state index in [1.54, 1.807) is 0 Å². The summed E-state index contributed by atoms with van der Waals surface area (Å²) < 4.78 is 0. The lowest BCUT2D eigenvalue weighted by Gasteiger charge is -2.09. The van der Waals surface area contributed by atoms with E-state index >= 15 is 0 Å². The van der Waals surface area contributed by atoms with Crippen molar-refractivity contribution in [1.29, 1.82) is 0 Å². The van der Waals surface area contributed by atoms with Gasteiger partial charge in [0.15, 0.2) is 0 Å². The molecule has 15 heavy (non-hydrogen) atoms. The molecule has 0 aliphatic rings. The molecule has 0 heterocycles. The SMILES string of the molecule is CC(C)CNCCNCCNCC(C)C. The van der Waals surface area contributed by atoms with Crippen molar-refractivity contribution in [3.8, 4) is 0 Å². The summed E-state index contributed by atoms with van der Waals surface area (Å²) in [6.45, 7) is 15.4. The van der Waals surface area contributed by atoms with Crippen LogP contribution in [-0.4, -0.2) is 39.3 Å². The number of hydrogen-bond donors (Lipinski definition) is 3. The van der Waals surface area contributed by atoms with Crippen LogP contribution in [0.2, 0.25) is 0 Å². The van der Waals surface area contributed by atoms with Gasteiger partial charge in [-0.25, -0.2) is 0 Å². The van der Waals surface area contributed by atoms with Gasteiger partial charge in [0.1, 0.15) is 0 Å². The summed E-state index contributed by atoms with van der Waals surface area (Å²) in [4.78, 5) is 0. The van der Waals surface area contributed by atoms with Gasteiger partial charge in [-0.2, -0.15) is 0 Å². The minimum absolute atomic E-state index is 0.748. The van der Waals surface area contributed by atoms with E-state index in [9.17, 15) is 0 Å². The minimum Gasteiger partial charge on any atom is -0.315 e. The van der Waals surface area contributed by atoms with Crippen molar-refractivity contribution in [2.45, 2.75) is 27.7 Å². The van der Waals surface area contributed by atoms with E-state index in [-0.39, 0.29) is 0 Å². The molecule has 3 heteroatoms. The molecule has 3 nitrogen and oxygen atoms in total. The topological polar surface area (TPSA) is 36.1 Å². The van der Waals surface area contributed by atoms with Crippen molar-refractivity contribution in [3.63, 3.8) is 0 Å². The van der Waals surface area contributed by atoms with Gasteiger partial charge >= 0.3 is 0 Å². The Morgan fingerprint density at radius 3 is 1.27 bits per heavy atom. The minimum atomic E-state index is 0.748. The highest BCUT2D eigenvalue weighted by Gasteiger charge is 1.93. The maximum Gasteiger partial charge on any atom is 0.00772 e. The largest absolute Gasteiger partial charge is 0.315 e. The molecule has 0 saturated heterocycles. The highest BCUT2D eigenvalue weighted by molar-refractivity contribution is 4.57. The van der Waals surface area contributed by atoms with Crippen molar-refractivity contribution in [2.75, 3.05) is 39.3 Å². The van der Waals surface area contributed by atoms with E-state index in [1.165, 1.54) is 0 Å². The van der Waals surface area contributed by atoms with Gasteiger partial charge in [-0.15, -0.1) is 0 Å². The summed E-state index contributed by atoms with van der Waals surface area (Å²) in [7, 11) is 0. The molecule has 0 bridgehead atoms. The first kappa shape index (κ1) is 14.9. The van der Waals surface area contributed by atoms with Gasteiger partial charge in [-0.1, -0.05) is 27.7 Å². The maximum absolute atomic E-state index is 3.41. The molecule has 0 spiro atoms. The fourth-order valence-corrected chi connectivity index (χ4v) is 1.26. The van der Waals surface area contributed by atoms with Crippen LogP contribution in [-0.2, 0) is 0 Å². The molecule has 0 fully saturated rings. The lowest BCUT2D eigenvalue weighted by Crippen LogP contribution is -2.34. The standard InChI is InChI=1S/C12H29N3/c1-11(2)9-14-7-5-13-6-8-15-10-12(3)4/h11-15H,5-10H2,1-4H3. The van der Waals surface area contributed by atoms with E-state index < -0.39 is 0 Å². The normalized spacial score (nSPS) is 11.6. The molecular formula is C12H29N3. The van der Waals surface area contributed by atoms with E-state index in [2.05, 4.69) is 43.6 Å². The average Bonchev–Trinajstić information content (AvgIpc) is 2.14. The molecule has 3 N–H and O–H groups in total. The molecule has 0 unspecified atom stereocenters. The Balaban J connectivity index is 2.93. The van der Waals surface area contributed by atoms with Crippen LogP contribution in [0, 0.1) is 11.8 Å². The summed E-state index contributed by atoms with van der Waals surface area (Å²) in [5.74, 6) is 1.50. The van der Waals surface area contributed by atoms with Crippen molar-refractivity contribution in [1.82, 2.24) is 16.0 Å². The third-order valence-electron chi connectivity index (χ3n) is 2.06. The second kappa shape index (κ2) is 10.4. The third-order valence-corrected chi connectivity index (χ3v) is 2.06. The van der Waals surface area contributed by atoms with Crippen LogP contribution in [0.3, 0.4) is 0 Å². The zero-order valence-electron chi connectivity index (χ0n) is 10.9. The Morgan fingerprint density at radius 1 is 0.600 bits per heavy atom. The van der Waals surface area contributed by atoms with E-state index in [0.717, 1.165) is 51.1 Å². The van der Waals surface area contributed by atoms with Crippen LogP contribution < -0.4 is 16.0 Å². The molecule has 0 radical (unpaired) electrons. The lowest BCUT2D eigenvalue weighted by molar-refractivity contribution is 0.515. The van der Waals surface area contributed by atoms with Gasteiger partial charge in [0, 0.05) is 26.2 Å². The smallest absolute Gasteiger partial charge is 0.00772 e. The van der Waals surface area contributed by atoms with Gasteiger partial charge in [-0.3, -0.25) is 0 Å². The zero-order chi connectivity index (χ0) is 11.5. The Hall–Kier alpha value is -0.120. The van der Waals surface area contributed by atoms with Crippen molar-refractivity contribution in [3.05, 3.63) is 0 Å². The van der Waals surface area contributed by atoms with Gasteiger partial charge in [0.05, 0.1) is 0 Å². The highest BCUT2D eigenvalue weighted by atomic mass is 15.0. The first-order valence-electron chi connectivity index (χ1n) is 6.25. The van der Waals surface area contributed by atoms with Crippen LogP contribution in [0.5, 0.6) is 0 Å². The average molecular weight is 215 g/mol. The molecule has 0 aromatic carbocycles. The molecule has 0 aromatic rings. The first-order chi connectivity index (χ1) is 7.13. The zero-order valence-corrected chi connectivity index (χ0v) is 10.9. The number of hydrogen-bond acceptors (Lipinski definition) is 3. The van der Waals surface area contributed by atoms with Gasteiger partial charge < -0.3 is 16.0 Å². The van der Waals surface area contributed by atoms with E-state index in [0.29, 0.717) is 0 Å². The quantitative estimate of drug-likeness (QED) is 0.477. The first-order valence-corrected chi connectivity index (χ1v) is 6.25. The van der Waals surface area contributed by atoms with Crippen molar-refractivity contribution < 1.29 is 0 Å². The number of nitrogens with one attached hydrogen (secondary N) is 3. The van der Waals surface area contributed by atoms with E-state index in [1.807, 2.05) is 0 Å². The summed E-state index contributed by atoms with van der Waals surface area (Å²) in [5.41, 5.74) is 0. The van der Waals surface area contributed by atoms with Gasteiger partial charge in [0.25, 0.3) is 0 Å². The Bertz CT molecular complexity index is 110. The predicted octanol–water partition coefficient (Wildman–Crippen LogP) is 1.07. The number of rotatable bonds is 10. The molecule has 0 rings (SSSR count). The van der Waals surface area contributed by atoms with Crippen LogP contribution in [0.25, 0.3) is 0 Å². The van der Waals surface area contributed by atoms with Gasteiger partial charge in [-0.05, 0) is 24.9 Å². The third kappa shape index (κ3) is 13.9. The van der Waals surface area contributed by atoms with Crippen molar-refractivity contribution in [2.24, 2.45) is 11.8 Å².